The van der Waals surface area contributed by atoms with Crippen molar-refractivity contribution < 1.29 is 92.4 Å². The molecule has 0 heterocycles. The molecule has 0 unspecified atom stereocenters. The molecule has 0 aliphatic carbocycles. The number of Topliss-reactive ketones (excluding diaryl/α,β-unsaturated/α-hetero) is 1. The van der Waals surface area contributed by atoms with E-state index in [0.29, 0.717) is 5.78 Å². The van der Waals surface area contributed by atoms with Gasteiger partial charge in [-0.05, 0) is 10.9 Å². The van der Waals surface area contributed by atoms with E-state index in [2.05, 4.69) is 12.5 Å². The van der Waals surface area contributed by atoms with Gasteiger partial charge in [0.1, 0.15) is 0 Å². The van der Waals surface area contributed by atoms with Crippen molar-refractivity contribution in [2.45, 2.75) is 60.8 Å². The summed E-state index contributed by atoms with van der Waals surface area (Å²) in [5.41, 5.74) is 0. The van der Waals surface area contributed by atoms with Crippen molar-refractivity contribution >= 4 is 26.8 Å². The molecule has 0 amide bonds. The van der Waals surface area contributed by atoms with Gasteiger partial charge < -0.3 is 4.55 Å². The van der Waals surface area contributed by atoms with E-state index in [-0.39, 0.29) is 16.8 Å². The van der Waals surface area contributed by atoms with E-state index < -0.39 is 57.1 Å². The summed E-state index contributed by atoms with van der Waals surface area (Å²) in [6.45, 7) is 3.91. The summed E-state index contributed by atoms with van der Waals surface area (Å²) in [6, 6.07) is 0. The van der Waals surface area contributed by atoms with Gasteiger partial charge in [-0.1, -0.05) is 13.8 Å². The summed E-state index contributed by atoms with van der Waals surface area (Å²) in [6.07, 6.45) is -3.70. The van der Waals surface area contributed by atoms with Crippen LogP contribution in [-0.4, -0.2) is 84.0 Å². The molecule has 0 N–H and O–H groups in total. The molecule has 38 heavy (non-hydrogen) atoms. The molecule has 0 radical (unpaired) electrons. The van der Waals surface area contributed by atoms with E-state index in [0.717, 1.165) is 5.75 Å². The van der Waals surface area contributed by atoms with Gasteiger partial charge in [-0.15, -0.1) is 0 Å². The van der Waals surface area contributed by atoms with Gasteiger partial charge in [0.05, 0.1) is 12.5 Å². The molecule has 0 aromatic carbocycles. The van der Waals surface area contributed by atoms with E-state index in [1.54, 1.807) is 0 Å². The second kappa shape index (κ2) is 11.0. The third kappa shape index (κ3) is 6.38. The number of halogens is 17. The number of ketones is 1. The van der Waals surface area contributed by atoms with E-state index in [1.165, 1.54) is 0 Å². The molecule has 0 saturated heterocycles. The molecular weight excluding hydrogens is 631 g/mol. The van der Waals surface area contributed by atoms with E-state index in [4.69, 9.17) is 0 Å². The molecule has 4 nitrogen and oxygen atoms in total. The molecule has 0 bridgehead atoms. The fourth-order valence-corrected chi connectivity index (χ4v) is 3.10. The smallest absolute Gasteiger partial charge is 0.460 e. The monoisotopic (exact) mass is 646 g/mol. The van der Waals surface area contributed by atoms with Crippen LogP contribution in [0.4, 0.5) is 74.6 Å². The van der Waals surface area contributed by atoms with Crippen LogP contribution < -0.4 is 0 Å². The highest BCUT2D eigenvalue weighted by Gasteiger charge is 2.95. The van der Waals surface area contributed by atoms with Crippen LogP contribution in [0, 0.1) is 5.92 Å². The first-order chi connectivity index (χ1) is 16.0. The fraction of sp³-hybridized carbons (Fsp3) is 0.933. The molecule has 0 aliphatic heterocycles. The third-order valence-corrected chi connectivity index (χ3v) is 5.83. The minimum absolute atomic E-state index is 0.222. The molecular formula is C15H15F17O4S2. The summed E-state index contributed by atoms with van der Waals surface area (Å²) < 4.78 is 244. The van der Waals surface area contributed by atoms with Crippen LogP contribution in [0.5, 0.6) is 0 Å². The maximum atomic E-state index is 13.0. The highest BCUT2D eigenvalue weighted by atomic mass is 32.2. The zero-order chi connectivity index (χ0) is 31.9. The third-order valence-electron chi connectivity index (χ3n) is 4.08. The zero-order valence-electron chi connectivity index (χ0n) is 18.7. The zero-order valence-corrected chi connectivity index (χ0v) is 20.3. The Hall–Kier alpha value is -1.26. The molecule has 0 aromatic rings. The van der Waals surface area contributed by atoms with Gasteiger partial charge in [-0.25, -0.2) is 8.42 Å². The molecule has 0 fully saturated rings. The van der Waals surface area contributed by atoms with Crippen LogP contribution in [0.2, 0.25) is 0 Å². The molecule has 23 heteroatoms. The van der Waals surface area contributed by atoms with E-state index >= 15 is 0 Å². The predicted octanol–water partition coefficient (Wildman–Crippen LogP) is 5.59. The van der Waals surface area contributed by atoms with Gasteiger partial charge in [0.25, 0.3) is 0 Å². The average molecular weight is 646 g/mol. The summed E-state index contributed by atoms with van der Waals surface area (Å²) >= 11 is 0. The first-order valence-electron chi connectivity index (χ1n) is 8.77. The first-order valence-corrected chi connectivity index (χ1v) is 12.4. The van der Waals surface area contributed by atoms with Crippen molar-refractivity contribution in [1.29, 1.82) is 0 Å². The minimum atomic E-state index is -8.92. The lowest BCUT2D eigenvalue weighted by molar-refractivity contribution is -0.458. The Balaban J connectivity index is 0. The van der Waals surface area contributed by atoms with E-state index in [9.17, 15) is 92.4 Å². The van der Waals surface area contributed by atoms with Gasteiger partial charge >= 0.3 is 47.0 Å². The Labute approximate surface area is 205 Å². The number of hydrogen-bond donors (Lipinski definition) is 0. The Morgan fingerprint density at radius 1 is 0.632 bits per heavy atom. The van der Waals surface area contributed by atoms with Crippen molar-refractivity contribution in [2.75, 3.05) is 18.3 Å². The number of carbonyl (C=O) groups excluding carboxylic acids is 1. The van der Waals surface area contributed by atoms with Crippen LogP contribution in [0.15, 0.2) is 0 Å². The highest BCUT2D eigenvalue weighted by molar-refractivity contribution is 7.96. The Kier molecular flexibility index (Phi) is 11.2. The standard InChI is InChI=1S/C8HF17O3S.C7H15OS/c9-1(10,3(13,14)5(17,18)7(21,22)23)2(11,12)4(15,16)6(19,20)8(24,25)29(26,27)28;1-6(2)7(8)5-9(3)4/h(H,26,27,28);6H,5H2,1-4H3/q;+1/p-1. The SMILES string of the molecule is CC(C)C(=O)C[S+](C)C.O=S(=O)([O-])C(F)(F)C(F)(F)C(F)(F)C(F)(F)C(F)(F)C(F)(F)C(F)(F)C(F)(F)F. The highest BCUT2D eigenvalue weighted by Crippen LogP contribution is 2.64. The van der Waals surface area contributed by atoms with Crippen LogP contribution in [0.25, 0.3) is 0 Å². The molecule has 0 atom stereocenters. The summed E-state index contributed by atoms with van der Waals surface area (Å²) in [7, 11) is -7.86. The summed E-state index contributed by atoms with van der Waals surface area (Å²) in [4.78, 5) is 11.0. The number of rotatable bonds is 10. The van der Waals surface area contributed by atoms with Crippen molar-refractivity contribution in [3.8, 4) is 0 Å². The van der Waals surface area contributed by atoms with Crippen LogP contribution in [0.1, 0.15) is 13.8 Å². The Bertz CT molecular complexity index is 940. The second-order valence-electron chi connectivity index (χ2n) is 7.67. The lowest BCUT2D eigenvalue weighted by Gasteiger charge is -2.42. The first kappa shape index (κ1) is 38.9. The molecule has 0 rings (SSSR count). The molecule has 0 saturated carbocycles. The van der Waals surface area contributed by atoms with Gasteiger partial charge in [0.15, 0.2) is 21.7 Å². The van der Waals surface area contributed by atoms with Gasteiger partial charge in [0, 0.05) is 5.92 Å². The lowest BCUT2D eigenvalue weighted by Crippen LogP contribution is -2.75. The topological polar surface area (TPSA) is 74.3 Å². The average Bonchev–Trinajstić information content (AvgIpc) is 2.65. The lowest BCUT2D eigenvalue weighted by atomic mass is 9.91. The van der Waals surface area contributed by atoms with Crippen molar-refractivity contribution in [3.63, 3.8) is 0 Å². The maximum Gasteiger partial charge on any atom is 0.460 e. The number of carbonyl (C=O) groups is 1. The van der Waals surface area contributed by atoms with Crippen LogP contribution in [0.3, 0.4) is 0 Å². The molecule has 0 aromatic heterocycles. The van der Waals surface area contributed by atoms with Gasteiger partial charge in [-0.3, -0.25) is 4.79 Å². The molecule has 0 aliphatic rings. The molecule has 230 valence electrons. The van der Waals surface area contributed by atoms with Crippen molar-refractivity contribution in [1.82, 2.24) is 0 Å². The normalized spacial score (nSPS) is 15.5. The Morgan fingerprint density at radius 2 is 0.895 bits per heavy atom. The van der Waals surface area contributed by atoms with Gasteiger partial charge in [0.2, 0.25) is 0 Å². The van der Waals surface area contributed by atoms with E-state index in [1.807, 2.05) is 13.8 Å². The number of hydrogen-bond acceptors (Lipinski definition) is 4. The maximum absolute atomic E-state index is 13.0. The largest absolute Gasteiger partial charge is 0.743 e. The summed E-state index contributed by atoms with van der Waals surface area (Å²) in [5.74, 6) is -50.8. The quantitative estimate of drug-likeness (QED) is 0.176. The van der Waals surface area contributed by atoms with Crippen LogP contribution >= 0.6 is 0 Å². The second-order valence-corrected chi connectivity index (χ2v) is 11.3. The Morgan fingerprint density at radius 3 is 1.08 bits per heavy atom. The van der Waals surface area contributed by atoms with Gasteiger partial charge in [-0.2, -0.15) is 74.6 Å². The fourth-order valence-electron chi connectivity index (χ4n) is 1.76. The number of alkyl halides is 17. The minimum Gasteiger partial charge on any atom is -0.743 e. The van der Waals surface area contributed by atoms with Crippen LogP contribution in [-0.2, 0) is 25.8 Å². The van der Waals surface area contributed by atoms with Crippen molar-refractivity contribution in [2.24, 2.45) is 5.92 Å². The predicted molar refractivity (Wildman–Crippen MR) is 94.3 cm³/mol. The molecule has 0 spiro atoms. The summed E-state index contributed by atoms with van der Waals surface area (Å²) in [5, 5.41) is -7.95. The van der Waals surface area contributed by atoms with Crippen molar-refractivity contribution in [3.05, 3.63) is 0 Å².